The van der Waals surface area contributed by atoms with Gasteiger partial charge in [-0.3, -0.25) is 4.68 Å². The van der Waals surface area contributed by atoms with Gasteiger partial charge in [-0.15, -0.1) is 0 Å². The van der Waals surface area contributed by atoms with Gasteiger partial charge in [0.25, 0.3) is 0 Å². The average molecular weight is 237 g/mol. The maximum absolute atomic E-state index is 9.47. The first-order valence-electron chi connectivity index (χ1n) is 6.33. The zero-order valence-electron chi connectivity index (χ0n) is 11.3. The Labute approximate surface area is 103 Å². The molecule has 1 aromatic rings. The van der Waals surface area contributed by atoms with Crippen molar-refractivity contribution in [3.63, 3.8) is 0 Å². The van der Waals surface area contributed by atoms with E-state index in [1.807, 2.05) is 18.7 Å². The van der Waals surface area contributed by atoms with Crippen LogP contribution < -0.4 is 4.90 Å². The molecule has 17 heavy (non-hydrogen) atoms. The molecule has 0 spiro atoms. The number of aryl methyl sites for hydroxylation is 2. The summed E-state index contributed by atoms with van der Waals surface area (Å²) < 4.78 is 1.90. The molecule has 1 fully saturated rings. The Morgan fingerprint density at radius 2 is 1.88 bits per heavy atom. The molecule has 1 saturated heterocycles. The summed E-state index contributed by atoms with van der Waals surface area (Å²) in [4.78, 5) is 2.36. The summed E-state index contributed by atoms with van der Waals surface area (Å²) in [5.41, 5.74) is 2.37. The number of rotatable bonds is 2. The van der Waals surface area contributed by atoms with Crippen LogP contribution in [0.1, 0.15) is 37.9 Å². The monoisotopic (exact) mass is 237 g/mol. The fourth-order valence-electron chi connectivity index (χ4n) is 2.59. The lowest BCUT2D eigenvalue weighted by atomic mass is 9.82. The second kappa shape index (κ2) is 4.33. The number of nitrogens with zero attached hydrogens (tertiary/aromatic N) is 3. The van der Waals surface area contributed by atoms with Crippen molar-refractivity contribution in [1.29, 1.82) is 0 Å². The molecular weight excluding hydrogens is 214 g/mol. The molecular formula is C13H23N3O. The van der Waals surface area contributed by atoms with E-state index in [0.717, 1.165) is 30.2 Å². The van der Waals surface area contributed by atoms with Gasteiger partial charge < -0.3 is 10.0 Å². The first kappa shape index (κ1) is 12.4. The molecule has 0 unspecified atom stereocenters. The average Bonchev–Trinajstić information content (AvgIpc) is 2.53. The minimum absolute atomic E-state index is 0.0783. The molecule has 0 atom stereocenters. The first-order chi connectivity index (χ1) is 7.94. The summed E-state index contributed by atoms with van der Waals surface area (Å²) in [5, 5.41) is 13.9. The minimum atomic E-state index is 0.0783. The highest BCUT2D eigenvalue weighted by molar-refractivity contribution is 5.50. The molecule has 0 bridgehead atoms. The van der Waals surface area contributed by atoms with Crippen molar-refractivity contribution in [2.75, 3.05) is 18.0 Å². The Kier molecular flexibility index (Phi) is 3.17. The predicted octanol–water partition coefficient (Wildman–Crippen LogP) is 1.85. The zero-order chi connectivity index (χ0) is 12.6. The van der Waals surface area contributed by atoms with Crippen molar-refractivity contribution in [2.24, 2.45) is 12.5 Å². The molecule has 4 nitrogen and oxygen atoms in total. The topological polar surface area (TPSA) is 41.3 Å². The van der Waals surface area contributed by atoms with Crippen LogP contribution in [0, 0.1) is 12.3 Å². The Morgan fingerprint density at radius 1 is 1.29 bits per heavy atom. The Hall–Kier alpha value is -1.03. The molecule has 0 amide bonds. The molecule has 1 aromatic heterocycles. The highest BCUT2D eigenvalue weighted by Crippen LogP contribution is 2.33. The maximum atomic E-state index is 9.47. The molecule has 2 heterocycles. The number of piperidine rings is 1. The van der Waals surface area contributed by atoms with E-state index in [-0.39, 0.29) is 6.61 Å². The van der Waals surface area contributed by atoms with Gasteiger partial charge >= 0.3 is 0 Å². The van der Waals surface area contributed by atoms with Crippen molar-refractivity contribution < 1.29 is 5.11 Å². The predicted molar refractivity (Wildman–Crippen MR) is 69.1 cm³/mol. The molecule has 0 saturated carbocycles. The van der Waals surface area contributed by atoms with Crippen molar-refractivity contribution in [3.8, 4) is 0 Å². The fraction of sp³-hybridized carbons (Fsp3) is 0.769. The summed E-state index contributed by atoms with van der Waals surface area (Å²) in [6.07, 6.45) is 2.39. The standard InChI is InChI=1S/C13H23N3O/c1-10-11(9-17)12(15(4)14-10)16-7-5-13(2,3)6-8-16/h17H,5-9H2,1-4H3. The van der Waals surface area contributed by atoms with E-state index in [0.29, 0.717) is 5.41 Å². The minimum Gasteiger partial charge on any atom is -0.391 e. The summed E-state index contributed by atoms with van der Waals surface area (Å²) in [6.45, 7) is 8.80. The molecule has 1 aliphatic heterocycles. The second-order valence-corrected chi connectivity index (χ2v) is 5.82. The van der Waals surface area contributed by atoms with Gasteiger partial charge in [0.15, 0.2) is 0 Å². The third-order valence-electron chi connectivity index (χ3n) is 3.89. The van der Waals surface area contributed by atoms with E-state index >= 15 is 0 Å². The van der Waals surface area contributed by atoms with Crippen LogP contribution in [0.25, 0.3) is 0 Å². The summed E-state index contributed by atoms with van der Waals surface area (Å²) >= 11 is 0. The van der Waals surface area contributed by atoms with Gasteiger partial charge in [-0.1, -0.05) is 13.8 Å². The number of aliphatic hydroxyl groups excluding tert-OH is 1. The third kappa shape index (κ3) is 2.32. The summed E-state index contributed by atoms with van der Waals surface area (Å²) in [7, 11) is 1.96. The van der Waals surface area contributed by atoms with Gasteiger partial charge in [0.1, 0.15) is 5.82 Å². The maximum Gasteiger partial charge on any atom is 0.132 e. The van der Waals surface area contributed by atoms with Gasteiger partial charge in [0.2, 0.25) is 0 Å². The molecule has 0 radical (unpaired) electrons. The first-order valence-corrected chi connectivity index (χ1v) is 6.33. The molecule has 4 heteroatoms. The molecule has 1 aliphatic rings. The van der Waals surface area contributed by atoms with E-state index in [2.05, 4.69) is 23.8 Å². The smallest absolute Gasteiger partial charge is 0.132 e. The third-order valence-corrected chi connectivity index (χ3v) is 3.89. The highest BCUT2D eigenvalue weighted by Gasteiger charge is 2.28. The molecule has 0 aliphatic carbocycles. The van der Waals surface area contributed by atoms with Gasteiger partial charge in [-0.05, 0) is 25.2 Å². The van der Waals surface area contributed by atoms with Crippen molar-refractivity contribution in [2.45, 2.75) is 40.2 Å². The van der Waals surface area contributed by atoms with Crippen LogP contribution in [-0.2, 0) is 13.7 Å². The fourth-order valence-corrected chi connectivity index (χ4v) is 2.59. The largest absolute Gasteiger partial charge is 0.391 e. The number of hydrogen-bond acceptors (Lipinski definition) is 3. The van der Waals surface area contributed by atoms with E-state index in [9.17, 15) is 5.11 Å². The number of hydrogen-bond donors (Lipinski definition) is 1. The van der Waals surface area contributed by atoms with E-state index in [1.54, 1.807) is 0 Å². The lowest BCUT2D eigenvalue weighted by molar-refractivity contribution is 0.271. The SMILES string of the molecule is Cc1nn(C)c(N2CCC(C)(C)CC2)c1CO. The molecule has 96 valence electrons. The van der Waals surface area contributed by atoms with Gasteiger partial charge in [-0.25, -0.2) is 0 Å². The van der Waals surface area contributed by atoms with Crippen LogP contribution >= 0.6 is 0 Å². The van der Waals surface area contributed by atoms with Crippen molar-refractivity contribution >= 4 is 5.82 Å². The van der Waals surface area contributed by atoms with Gasteiger partial charge in [0, 0.05) is 25.7 Å². The number of anilines is 1. The number of aromatic nitrogens is 2. The van der Waals surface area contributed by atoms with Crippen molar-refractivity contribution in [3.05, 3.63) is 11.3 Å². The lowest BCUT2D eigenvalue weighted by Crippen LogP contribution is -2.38. The Balaban J connectivity index is 2.24. The highest BCUT2D eigenvalue weighted by atomic mass is 16.3. The molecule has 1 N–H and O–H groups in total. The normalized spacial score (nSPS) is 19.7. The van der Waals surface area contributed by atoms with Crippen LogP contribution in [0.15, 0.2) is 0 Å². The quantitative estimate of drug-likeness (QED) is 0.853. The van der Waals surface area contributed by atoms with E-state index in [4.69, 9.17) is 0 Å². The van der Waals surface area contributed by atoms with Gasteiger partial charge in [-0.2, -0.15) is 5.10 Å². The van der Waals surface area contributed by atoms with E-state index < -0.39 is 0 Å². The summed E-state index contributed by atoms with van der Waals surface area (Å²) in [5.74, 6) is 1.10. The zero-order valence-corrected chi connectivity index (χ0v) is 11.3. The summed E-state index contributed by atoms with van der Waals surface area (Å²) in [6, 6.07) is 0. The number of aliphatic hydroxyl groups is 1. The van der Waals surface area contributed by atoms with Crippen LogP contribution in [0.4, 0.5) is 5.82 Å². The van der Waals surface area contributed by atoms with Crippen LogP contribution in [0.3, 0.4) is 0 Å². The molecule has 0 aromatic carbocycles. The van der Waals surface area contributed by atoms with Gasteiger partial charge in [0.05, 0.1) is 12.3 Å². The Bertz CT molecular complexity index is 399. The second-order valence-electron chi connectivity index (χ2n) is 5.82. The van der Waals surface area contributed by atoms with Crippen LogP contribution in [0.5, 0.6) is 0 Å². The Morgan fingerprint density at radius 3 is 2.41 bits per heavy atom. The van der Waals surface area contributed by atoms with Crippen LogP contribution in [-0.4, -0.2) is 28.0 Å². The van der Waals surface area contributed by atoms with Crippen molar-refractivity contribution in [1.82, 2.24) is 9.78 Å². The van der Waals surface area contributed by atoms with E-state index in [1.165, 1.54) is 12.8 Å². The molecule has 2 rings (SSSR count). The lowest BCUT2D eigenvalue weighted by Gasteiger charge is -2.38. The van der Waals surface area contributed by atoms with Crippen LogP contribution in [0.2, 0.25) is 0 Å².